The van der Waals surface area contributed by atoms with Crippen molar-refractivity contribution in [1.29, 1.82) is 0 Å². The minimum Gasteiger partial charge on any atom is -0.495 e. The zero-order valence-corrected chi connectivity index (χ0v) is 11.8. The molecule has 0 radical (unpaired) electrons. The van der Waals surface area contributed by atoms with E-state index in [4.69, 9.17) is 9.47 Å². The lowest BCUT2D eigenvalue weighted by molar-refractivity contribution is -0.384. The van der Waals surface area contributed by atoms with Crippen LogP contribution in [0.5, 0.6) is 5.75 Å². The third-order valence-electron chi connectivity index (χ3n) is 3.48. The first kappa shape index (κ1) is 15.2. The van der Waals surface area contributed by atoms with E-state index < -0.39 is 4.92 Å². The number of carbonyl (C=O) groups is 1. The van der Waals surface area contributed by atoms with Gasteiger partial charge in [-0.15, -0.1) is 0 Å². The number of benzene rings is 1. The Balaban J connectivity index is 2.04. The lowest BCUT2D eigenvalue weighted by Gasteiger charge is -2.21. The maximum Gasteiger partial charge on any atom is 0.271 e. The average Bonchev–Trinajstić information content (AvgIpc) is 2.48. The number of nitro groups is 1. The highest BCUT2D eigenvalue weighted by Crippen LogP contribution is 2.29. The molecule has 7 nitrogen and oxygen atoms in total. The molecule has 0 spiro atoms. The van der Waals surface area contributed by atoms with Crippen LogP contribution in [0, 0.1) is 16.0 Å². The minimum absolute atomic E-state index is 0.0860. The van der Waals surface area contributed by atoms with Crippen LogP contribution < -0.4 is 10.1 Å². The van der Waals surface area contributed by atoms with Crippen LogP contribution in [0.25, 0.3) is 0 Å². The number of hydrogen-bond donors (Lipinski definition) is 1. The summed E-state index contributed by atoms with van der Waals surface area (Å²) < 4.78 is 10.4. The van der Waals surface area contributed by atoms with Crippen LogP contribution >= 0.6 is 0 Å². The Morgan fingerprint density at radius 1 is 1.48 bits per heavy atom. The van der Waals surface area contributed by atoms with Gasteiger partial charge < -0.3 is 14.8 Å². The summed E-state index contributed by atoms with van der Waals surface area (Å²) in [5.74, 6) is 0.532. The number of non-ortho nitro benzene ring substituents is 1. The number of nitro benzene ring substituents is 1. The van der Waals surface area contributed by atoms with E-state index in [9.17, 15) is 14.9 Å². The average molecular weight is 294 g/mol. The number of nitrogens with one attached hydrogen (secondary N) is 1. The predicted molar refractivity (Wildman–Crippen MR) is 76.4 cm³/mol. The van der Waals surface area contributed by atoms with Crippen molar-refractivity contribution < 1.29 is 19.2 Å². The summed E-state index contributed by atoms with van der Waals surface area (Å²) in [6.07, 6.45) is 2.11. The van der Waals surface area contributed by atoms with Crippen molar-refractivity contribution in [2.24, 2.45) is 5.92 Å². The van der Waals surface area contributed by atoms with Gasteiger partial charge in [0.2, 0.25) is 5.91 Å². The zero-order valence-electron chi connectivity index (χ0n) is 11.8. The monoisotopic (exact) mass is 294 g/mol. The lowest BCUT2D eigenvalue weighted by Crippen LogP contribution is -2.22. The second kappa shape index (κ2) is 7.03. The summed E-state index contributed by atoms with van der Waals surface area (Å²) in [5, 5.41) is 13.5. The van der Waals surface area contributed by atoms with Crippen LogP contribution in [-0.4, -0.2) is 31.2 Å². The fourth-order valence-corrected chi connectivity index (χ4v) is 2.32. The number of hydrogen-bond acceptors (Lipinski definition) is 5. The fourth-order valence-electron chi connectivity index (χ4n) is 2.32. The van der Waals surface area contributed by atoms with Crippen molar-refractivity contribution in [1.82, 2.24) is 0 Å². The summed E-state index contributed by atoms with van der Waals surface area (Å²) in [6, 6.07) is 4.12. The van der Waals surface area contributed by atoms with Crippen LogP contribution in [0.3, 0.4) is 0 Å². The van der Waals surface area contributed by atoms with Gasteiger partial charge >= 0.3 is 0 Å². The highest BCUT2D eigenvalue weighted by Gasteiger charge is 2.19. The van der Waals surface area contributed by atoms with Crippen LogP contribution in [0.2, 0.25) is 0 Å². The van der Waals surface area contributed by atoms with Crippen molar-refractivity contribution in [2.45, 2.75) is 19.3 Å². The van der Waals surface area contributed by atoms with E-state index in [1.807, 2.05) is 0 Å². The smallest absolute Gasteiger partial charge is 0.271 e. The second-order valence-corrected chi connectivity index (χ2v) is 4.95. The molecule has 2 rings (SSSR count). The number of rotatable bonds is 5. The van der Waals surface area contributed by atoms with E-state index in [-0.39, 0.29) is 11.6 Å². The number of amides is 1. The molecule has 1 aromatic rings. The molecule has 1 saturated heterocycles. The van der Waals surface area contributed by atoms with E-state index in [1.54, 1.807) is 0 Å². The van der Waals surface area contributed by atoms with Gasteiger partial charge in [0.05, 0.1) is 17.7 Å². The molecule has 0 atom stereocenters. The Morgan fingerprint density at radius 3 is 2.81 bits per heavy atom. The number of carbonyl (C=O) groups excluding carboxylic acids is 1. The molecular formula is C14H18N2O5. The largest absolute Gasteiger partial charge is 0.495 e. The molecular weight excluding hydrogens is 276 g/mol. The van der Waals surface area contributed by atoms with Gasteiger partial charge in [0, 0.05) is 31.8 Å². The SMILES string of the molecule is COc1ccc([N+](=O)[O-])cc1NC(=O)CC1CCOCC1. The summed E-state index contributed by atoms with van der Waals surface area (Å²) in [4.78, 5) is 22.3. The van der Waals surface area contributed by atoms with Gasteiger partial charge in [0.25, 0.3) is 5.69 Å². The van der Waals surface area contributed by atoms with E-state index >= 15 is 0 Å². The molecule has 1 heterocycles. The molecule has 0 aliphatic carbocycles. The number of nitrogens with zero attached hydrogens (tertiary/aromatic N) is 1. The summed E-state index contributed by atoms with van der Waals surface area (Å²) in [7, 11) is 1.45. The first-order valence-corrected chi connectivity index (χ1v) is 6.80. The third kappa shape index (κ3) is 4.16. The highest BCUT2D eigenvalue weighted by molar-refractivity contribution is 5.92. The first-order valence-electron chi connectivity index (χ1n) is 6.80. The van der Waals surface area contributed by atoms with Gasteiger partial charge in [-0.1, -0.05) is 0 Å². The number of ether oxygens (including phenoxy) is 2. The molecule has 0 unspecified atom stereocenters. The van der Waals surface area contributed by atoms with Gasteiger partial charge in [-0.25, -0.2) is 0 Å². The van der Waals surface area contributed by atoms with Crippen molar-refractivity contribution in [2.75, 3.05) is 25.6 Å². The molecule has 1 fully saturated rings. The normalized spacial score (nSPS) is 15.5. The predicted octanol–water partition coefficient (Wildman–Crippen LogP) is 2.36. The van der Waals surface area contributed by atoms with Gasteiger partial charge in [-0.2, -0.15) is 0 Å². The fraction of sp³-hybridized carbons (Fsp3) is 0.500. The molecule has 1 N–H and O–H groups in total. The Hall–Kier alpha value is -2.15. The third-order valence-corrected chi connectivity index (χ3v) is 3.48. The molecule has 0 bridgehead atoms. The summed E-state index contributed by atoms with van der Waals surface area (Å²) in [6.45, 7) is 1.36. The Kier molecular flexibility index (Phi) is 5.10. The summed E-state index contributed by atoms with van der Waals surface area (Å²) in [5.41, 5.74) is 0.237. The molecule has 0 aromatic heterocycles. The highest BCUT2D eigenvalue weighted by atomic mass is 16.6. The molecule has 1 aliphatic heterocycles. The van der Waals surface area contributed by atoms with Gasteiger partial charge in [-0.3, -0.25) is 14.9 Å². The number of methoxy groups -OCH3 is 1. The minimum atomic E-state index is -0.506. The van der Waals surface area contributed by atoms with Crippen LogP contribution in [0.4, 0.5) is 11.4 Å². The van der Waals surface area contributed by atoms with E-state index in [0.717, 1.165) is 12.8 Å². The quantitative estimate of drug-likeness (QED) is 0.665. The lowest BCUT2D eigenvalue weighted by atomic mass is 9.96. The topological polar surface area (TPSA) is 90.7 Å². The molecule has 0 saturated carbocycles. The van der Waals surface area contributed by atoms with Crippen LogP contribution in [-0.2, 0) is 9.53 Å². The van der Waals surface area contributed by atoms with Crippen molar-refractivity contribution in [3.05, 3.63) is 28.3 Å². The van der Waals surface area contributed by atoms with Crippen molar-refractivity contribution in [3.8, 4) is 5.75 Å². The summed E-state index contributed by atoms with van der Waals surface area (Å²) >= 11 is 0. The number of anilines is 1. The second-order valence-electron chi connectivity index (χ2n) is 4.95. The molecule has 7 heteroatoms. The zero-order chi connectivity index (χ0) is 15.2. The van der Waals surface area contributed by atoms with E-state index in [1.165, 1.54) is 25.3 Å². The Morgan fingerprint density at radius 2 is 2.19 bits per heavy atom. The van der Waals surface area contributed by atoms with Gasteiger partial charge in [0.15, 0.2) is 0 Å². The standard InChI is InChI=1S/C14H18N2O5/c1-20-13-3-2-11(16(18)19)9-12(13)15-14(17)8-10-4-6-21-7-5-10/h2-3,9-10H,4-8H2,1H3,(H,15,17). The molecule has 1 amide bonds. The molecule has 114 valence electrons. The van der Waals surface area contributed by atoms with E-state index in [0.29, 0.717) is 37.0 Å². The van der Waals surface area contributed by atoms with Crippen LogP contribution in [0.1, 0.15) is 19.3 Å². The maximum atomic E-state index is 12.1. The molecule has 21 heavy (non-hydrogen) atoms. The Labute approximate surface area is 122 Å². The maximum absolute atomic E-state index is 12.1. The van der Waals surface area contributed by atoms with Gasteiger partial charge in [-0.05, 0) is 24.8 Å². The van der Waals surface area contributed by atoms with Gasteiger partial charge in [0.1, 0.15) is 5.75 Å². The van der Waals surface area contributed by atoms with E-state index in [2.05, 4.69) is 5.32 Å². The van der Waals surface area contributed by atoms with Crippen LogP contribution in [0.15, 0.2) is 18.2 Å². The Bertz CT molecular complexity index is 526. The van der Waals surface area contributed by atoms with Crippen molar-refractivity contribution >= 4 is 17.3 Å². The molecule has 1 aliphatic rings. The van der Waals surface area contributed by atoms with Crippen molar-refractivity contribution in [3.63, 3.8) is 0 Å². The molecule has 1 aromatic carbocycles. The first-order chi connectivity index (χ1) is 10.1.